The minimum absolute atomic E-state index is 0.898. The Kier molecular flexibility index (Phi) is 5.13. The summed E-state index contributed by atoms with van der Waals surface area (Å²) in [6, 6.07) is 2.21. The van der Waals surface area contributed by atoms with Gasteiger partial charge in [0.15, 0.2) is 0 Å². The van der Waals surface area contributed by atoms with E-state index in [0.29, 0.717) is 0 Å². The van der Waals surface area contributed by atoms with Gasteiger partial charge < -0.3 is 14.7 Å². The number of aryl methyl sites for hydroxylation is 1. The van der Waals surface area contributed by atoms with Gasteiger partial charge in [-0.05, 0) is 26.3 Å². The number of hydrogen-bond acceptors (Lipinski definition) is 5. The molecule has 2 fully saturated rings. The Morgan fingerprint density at radius 2 is 1.36 bits per heavy atom. The van der Waals surface area contributed by atoms with E-state index < -0.39 is 0 Å². The molecule has 2 saturated heterocycles. The Morgan fingerprint density at radius 3 is 1.91 bits per heavy atom. The number of likely N-dealkylation sites (N-methyl/N-ethyl adjacent to an activating group) is 1. The molecule has 0 spiro atoms. The molecule has 2 aliphatic rings. The van der Waals surface area contributed by atoms with Crippen molar-refractivity contribution in [2.75, 3.05) is 55.6 Å². The smallest absolute Gasteiger partial charge is 0.134 e. The molecular formula is C17H29N5. The minimum Gasteiger partial charge on any atom is -0.356 e. The first-order valence-electron chi connectivity index (χ1n) is 8.84. The number of aromatic nitrogens is 2. The molecule has 0 saturated carbocycles. The van der Waals surface area contributed by atoms with Crippen molar-refractivity contribution >= 4 is 11.6 Å². The van der Waals surface area contributed by atoms with Crippen LogP contribution < -0.4 is 9.80 Å². The summed E-state index contributed by atoms with van der Waals surface area (Å²) in [4.78, 5) is 16.8. The van der Waals surface area contributed by atoms with E-state index in [1.807, 2.05) is 6.92 Å². The molecule has 2 aliphatic heterocycles. The van der Waals surface area contributed by atoms with Crippen LogP contribution in [0.25, 0.3) is 0 Å². The maximum absolute atomic E-state index is 4.70. The molecule has 0 radical (unpaired) electrons. The van der Waals surface area contributed by atoms with E-state index >= 15 is 0 Å². The van der Waals surface area contributed by atoms with Crippen molar-refractivity contribution in [3.05, 3.63) is 11.9 Å². The zero-order chi connectivity index (χ0) is 15.4. The predicted octanol–water partition coefficient (Wildman–Crippen LogP) is 2.31. The molecule has 0 N–H and O–H groups in total. The van der Waals surface area contributed by atoms with Crippen LogP contribution in [0.3, 0.4) is 0 Å². The van der Waals surface area contributed by atoms with Crippen molar-refractivity contribution in [3.8, 4) is 0 Å². The van der Waals surface area contributed by atoms with Gasteiger partial charge in [0.1, 0.15) is 17.5 Å². The summed E-state index contributed by atoms with van der Waals surface area (Å²) in [6.07, 6.45) is 5.28. The Morgan fingerprint density at radius 1 is 0.818 bits per heavy atom. The molecule has 5 heteroatoms. The zero-order valence-corrected chi connectivity index (χ0v) is 14.1. The van der Waals surface area contributed by atoms with Crippen LogP contribution in [0.2, 0.25) is 0 Å². The highest BCUT2D eigenvalue weighted by Crippen LogP contribution is 2.23. The van der Waals surface area contributed by atoms with Gasteiger partial charge in [0.05, 0.1) is 0 Å². The van der Waals surface area contributed by atoms with Gasteiger partial charge in [-0.25, -0.2) is 9.97 Å². The zero-order valence-electron chi connectivity index (χ0n) is 14.1. The first kappa shape index (κ1) is 15.5. The first-order chi connectivity index (χ1) is 10.8. The normalized spacial score (nSPS) is 21.0. The van der Waals surface area contributed by atoms with E-state index in [4.69, 9.17) is 9.97 Å². The van der Waals surface area contributed by atoms with Gasteiger partial charge >= 0.3 is 0 Å². The standard InChI is InChI=1S/C17H29N5/c1-3-20-10-12-22(13-11-20)17-14-16(18-15(2)19-17)21-8-6-4-5-7-9-21/h14H,3-13H2,1-2H3. The molecule has 122 valence electrons. The summed E-state index contributed by atoms with van der Waals surface area (Å²) in [6.45, 7) is 12.1. The lowest BCUT2D eigenvalue weighted by Crippen LogP contribution is -2.46. The third-order valence-electron chi connectivity index (χ3n) is 4.88. The van der Waals surface area contributed by atoms with Crippen LogP contribution in [0.15, 0.2) is 6.07 Å². The number of nitrogens with zero attached hydrogens (tertiary/aromatic N) is 5. The quantitative estimate of drug-likeness (QED) is 0.856. The van der Waals surface area contributed by atoms with E-state index in [2.05, 4.69) is 27.7 Å². The number of rotatable bonds is 3. The Labute approximate surface area is 134 Å². The Hall–Kier alpha value is -1.36. The van der Waals surface area contributed by atoms with Gasteiger partial charge in [-0.15, -0.1) is 0 Å². The highest BCUT2D eigenvalue weighted by atomic mass is 15.3. The molecule has 0 amide bonds. The van der Waals surface area contributed by atoms with E-state index in [-0.39, 0.29) is 0 Å². The van der Waals surface area contributed by atoms with E-state index in [1.54, 1.807) is 0 Å². The van der Waals surface area contributed by atoms with Crippen molar-refractivity contribution < 1.29 is 0 Å². The topological polar surface area (TPSA) is 35.5 Å². The highest BCUT2D eigenvalue weighted by Gasteiger charge is 2.19. The van der Waals surface area contributed by atoms with E-state index in [0.717, 1.165) is 63.3 Å². The van der Waals surface area contributed by atoms with Crippen LogP contribution in [0.1, 0.15) is 38.4 Å². The Bertz CT molecular complexity index is 474. The highest BCUT2D eigenvalue weighted by molar-refractivity contribution is 5.51. The molecule has 0 aromatic carbocycles. The van der Waals surface area contributed by atoms with Crippen molar-refractivity contribution in [1.29, 1.82) is 0 Å². The average molecular weight is 303 g/mol. The summed E-state index contributed by atoms with van der Waals surface area (Å²) >= 11 is 0. The molecule has 22 heavy (non-hydrogen) atoms. The van der Waals surface area contributed by atoms with Crippen molar-refractivity contribution in [1.82, 2.24) is 14.9 Å². The van der Waals surface area contributed by atoms with Gasteiger partial charge in [0, 0.05) is 45.3 Å². The fourth-order valence-corrected chi connectivity index (χ4v) is 3.45. The monoisotopic (exact) mass is 303 g/mol. The second kappa shape index (κ2) is 7.27. The van der Waals surface area contributed by atoms with Crippen LogP contribution in [0, 0.1) is 6.92 Å². The van der Waals surface area contributed by atoms with Crippen LogP contribution in [0.5, 0.6) is 0 Å². The maximum Gasteiger partial charge on any atom is 0.134 e. The van der Waals surface area contributed by atoms with Crippen molar-refractivity contribution in [3.63, 3.8) is 0 Å². The van der Waals surface area contributed by atoms with Crippen LogP contribution in [-0.2, 0) is 0 Å². The first-order valence-corrected chi connectivity index (χ1v) is 8.84. The third kappa shape index (κ3) is 3.69. The van der Waals surface area contributed by atoms with Gasteiger partial charge in [-0.3, -0.25) is 0 Å². The fraction of sp³-hybridized carbons (Fsp3) is 0.765. The van der Waals surface area contributed by atoms with Gasteiger partial charge in [-0.1, -0.05) is 19.8 Å². The number of hydrogen-bond donors (Lipinski definition) is 0. The summed E-state index contributed by atoms with van der Waals surface area (Å²) in [5, 5.41) is 0. The molecule has 5 nitrogen and oxygen atoms in total. The summed E-state index contributed by atoms with van der Waals surface area (Å²) < 4.78 is 0. The van der Waals surface area contributed by atoms with E-state index in [1.165, 1.54) is 25.7 Å². The van der Waals surface area contributed by atoms with Gasteiger partial charge in [-0.2, -0.15) is 0 Å². The summed E-state index contributed by atoms with van der Waals surface area (Å²) in [7, 11) is 0. The van der Waals surface area contributed by atoms with E-state index in [9.17, 15) is 0 Å². The largest absolute Gasteiger partial charge is 0.356 e. The molecule has 0 atom stereocenters. The van der Waals surface area contributed by atoms with Crippen LogP contribution in [-0.4, -0.2) is 60.7 Å². The maximum atomic E-state index is 4.70. The molecule has 1 aromatic heterocycles. The molecular weight excluding hydrogens is 274 g/mol. The predicted molar refractivity (Wildman–Crippen MR) is 91.8 cm³/mol. The van der Waals surface area contributed by atoms with Crippen molar-refractivity contribution in [2.45, 2.75) is 39.5 Å². The number of anilines is 2. The van der Waals surface area contributed by atoms with Crippen molar-refractivity contribution in [2.24, 2.45) is 0 Å². The second-order valence-corrected chi connectivity index (χ2v) is 6.45. The fourth-order valence-electron chi connectivity index (χ4n) is 3.45. The molecule has 3 heterocycles. The molecule has 3 rings (SSSR count). The molecule has 1 aromatic rings. The minimum atomic E-state index is 0.898. The molecule has 0 bridgehead atoms. The lowest BCUT2D eigenvalue weighted by molar-refractivity contribution is 0.270. The molecule has 0 aliphatic carbocycles. The lowest BCUT2D eigenvalue weighted by atomic mass is 10.2. The molecule has 0 unspecified atom stereocenters. The number of piperazine rings is 1. The second-order valence-electron chi connectivity index (χ2n) is 6.45. The summed E-state index contributed by atoms with van der Waals surface area (Å²) in [5.74, 6) is 3.14. The summed E-state index contributed by atoms with van der Waals surface area (Å²) in [5.41, 5.74) is 0. The SMILES string of the molecule is CCN1CCN(c2cc(N3CCCCCC3)nc(C)n2)CC1. The van der Waals surface area contributed by atoms with Gasteiger partial charge in [0.25, 0.3) is 0 Å². The Balaban J connectivity index is 1.75. The third-order valence-corrected chi connectivity index (χ3v) is 4.88. The van der Waals surface area contributed by atoms with Crippen LogP contribution >= 0.6 is 0 Å². The lowest BCUT2D eigenvalue weighted by Gasteiger charge is -2.35. The van der Waals surface area contributed by atoms with Crippen LogP contribution in [0.4, 0.5) is 11.6 Å². The van der Waals surface area contributed by atoms with Gasteiger partial charge in [0.2, 0.25) is 0 Å². The average Bonchev–Trinajstić information content (AvgIpc) is 2.84.